The van der Waals surface area contributed by atoms with Crippen LogP contribution in [0.25, 0.3) is 0 Å². The van der Waals surface area contributed by atoms with E-state index in [-0.39, 0.29) is 30.4 Å². The lowest BCUT2D eigenvalue weighted by atomic mass is 10.2. The smallest absolute Gasteiger partial charge is 0.410 e. The van der Waals surface area contributed by atoms with E-state index in [0.29, 0.717) is 13.2 Å². The van der Waals surface area contributed by atoms with Gasteiger partial charge in [-0.15, -0.1) is 0 Å². The second-order valence-electron chi connectivity index (χ2n) is 5.95. The van der Waals surface area contributed by atoms with Gasteiger partial charge in [-0.2, -0.15) is 0 Å². The van der Waals surface area contributed by atoms with Crippen molar-refractivity contribution < 1.29 is 19.0 Å². The molecule has 5 heteroatoms. The molecule has 2 atom stereocenters. The fourth-order valence-corrected chi connectivity index (χ4v) is 2.15. The van der Waals surface area contributed by atoms with Crippen LogP contribution < -0.4 is 0 Å². The summed E-state index contributed by atoms with van der Waals surface area (Å²) in [5, 5.41) is 0. The molecule has 0 N–H and O–H groups in total. The molecule has 0 aliphatic carbocycles. The summed E-state index contributed by atoms with van der Waals surface area (Å²) in [6, 6.07) is 0.142. The van der Waals surface area contributed by atoms with Gasteiger partial charge in [0.25, 0.3) is 0 Å². The summed E-state index contributed by atoms with van der Waals surface area (Å²) >= 11 is 0. The molecule has 0 aromatic rings. The molecular formula is C15H29NO4. The summed E-state index contributed by atoms with van der Waals surface area (Å²) in [7, 11) is 0. The van der Waals surface area contributed by atoms with Crippen LogP contribution in [0, 0.1) is 0 Å². The number of likely N-dealkylation sites (tertiary alicyclic amines) is 1. The van der Waals surface area contributed by atoms with Gasteiger partial charge in [0.05, 0.1) is 31.5 Å². The topological polar surface area (TPSA) is 48.0 Å². The van der Waals surface area contributed by atoms with Crippen molar-refractivity contribution in [3.05, 3.63) is 0 Å². The number of rotatable bonds is 7. The molecule has 0 bridgehead atoms. The minimum atomic E-state index is -0.250. The van der Waals surface area contributed by atoms with Crippen LogP contribution in [0.2, 0.25) is 0 Å². The van der Waals surface area contributed by atoms with Gasteiger partial charge in [-0.3, -0.25) is 0 Å². The molecule has 20 heavy (non-hydrogen) atoms. The quantitative estimate of drug-likeness (QED) is 0.722. The molecule has 118 valence electrons. The third-order valence-electron chi connectivity index (χ3n) is 3.20. The largest absolute Gasteiger partial charge is 0.444 e. The van der Waals surface area contributed by atoms with Crippen LogP contribution in [0.5, 0.6) is 0 Å². The van der Waals surface area contributed by atoms with Crippen LogP contribution in [0.4, 0.5) is 4.79 Å². The van der Waals surface area contributed by atoms with Crippen LogP contribution in [-0.2, 0) is 14.2 Å². The fourth-order valence-electron chi connectivity index (χ4n) is 2.15. The highest BCUT2D eigenvalue weighted by atomic mass is 16.6. The van der Waals surface area contributed by atoms with Crippen LogP contribution in [0.3, 0.4) is 0 Å². The SMILES string of the molecule is CC(C)OCC(C)OC(=O)N1CCCC1COC(C)C. The van der Waals surface area contributed by atoms with E-state index < -0.39 is 0 Å². The molecule has 1 amide bonds. The Morgan fingerprint density at radius 1 is 1.15 bits per heavy atom. The third-order valence-corrected chi connectivity index (χ3v) is 3.20. The molecule has 1 rings (SSSR count). The molecular weight excluding hydrogens is 258 g/mol. The maximum absolute atomic E-state index is 12.1. The molecule has 5 nitrogen and oxygen atoms in total. The van der Waals surface area contributed by atoms with Gasteiger partial charge in [0.15, 0.2) is 0 Å². The Balaban J connectivity index is 2.37. The molecule has 2 unspecified atom stereocenters. The van der Waals surface area contributed by atoms with E-state index in [9.17, 15) is 4.79 Å². The van der Waals surface area contributed by atoms with Crippen molar-refractivity contribution in [2.24, 2.45) is 0 Å². The summed E-state index contributed by atoms with van der Waals surface area (Å²) < 4.78 is 16.5. The van der Waals surface area contributed by atoms with E-state index in [0.717, 1.165) is 19.4 Å². The fraction of sp³-hybridized carbons (Fsp3) is 0.933. The Morgan fingerprint density at radius 3 is 2.40 bits per heavy atom. The summed E-state index contributed by atoms with van der Waals surface area (Å²) in [6.07, 6.45) is 1.86. The minimum Gasteiger partial charge on any atom is -0.444 e. The number of carbonyl (C=O) groups is 1. The molecule has 1 saturated heterocycles. The molecule has 1 heterocycles. The number of hydrogen-bond acceptors (Lipinski definition) is 4. The zero-order valence-corrected chi connectivity index (χ0v) is 13.4. The molecule has 1 aliphatic rings. The Labute approximate surface area is 122 Å². The first kappa shape index (κ1) is 17.2. The zero-order chi connectivity index (χ0) is 15.1. The standard InChI is InChI=1S/C15H29NO4/c1-11(2)18-9-13(5)20-15(17)16-8-6-7-14(16)10-19-12(3)4/h11-14H,6-10H2,1-5H3. The summed E-state index contributed by atoms with van der Waals surface area (Å²) in [4.78, 5) is 13.9. The van der Waals surface area contributed by atoms with E-state index in [1.807, 2.05) is 34.6 Å². The lowest BCUT2D eigenvalue weighted by Gasteiger charge is -2.26. The predicted molar refractivity (Wildman–Crippen MR) is 77.8 cm³/mol. The first-order valence-corrected chi connectivity index (χ1v) is 7.60. The highest BCUT2D eigenvalue weighted by molar-refractivity contribution is 5.68. The van der Waals surface area contributed by atoms with Crippen LogP contribution in [0.15, 0.2) is 0 Å². The Hall–Kier alpha value is -0.810. The van der Waals surface area contributed by atoms with E-state index >= 15 is 0 Å². The monoisotopic (exact) mass is 287 g/mol. The third kappa shape index (κ3) is 6.09. The summed E-state index contributed by atoms with van der Waals surface area (Å²) in [5.74, 6) is 0. The number of nitrogens with zero attached hydrogens (tertiary/aromatic N) is 1. The van der Waals surface area contributed by atoms with Crippen molar-refractivity contribution in [1.29, 1.82) is 0 Å². The van der Waals surface area contributed by atoms with Gasteiger partial charge in [0.1, 0.15) is 6.10 Å². The first-order chi connectivity index (χ1) is 9.40. The normalized spacial score (nSPS) is 20.8. The first-order valence-electron chi connectivity index (χ1n) is 7.60. The number of hydrogen-bond donors (Lipinski definition) is 0. The maximum Gasteiger partial charge on any atom is 0.410 e. The minimum absolute atomic E-state index is 0.142. The second kappa shape index (κ2) is 8.47. The Bertz CT molecular complexity index is 294. The van der Waals surface area contributed by atoms with Crippen LogP contribution in [0.1, 0.15) is 47.5 Å². The number of ether oxygens (including phenoxy) is 3. The maximum atomic E-state index is 12.1. The van der Waals surface area contributed by atoms with Crippen molar-refractivity contribution in [2.45, 2.75) is 71.8 Å². The van der Waals surface area contributed by atoms with Crippen molar-refractivity contribution in [1.82, 2.24) is 4.90 Å². The van der Waals surface area contributed by atoms with Gasteiger partial charge in [0.2, 0.25) is 0 Å². The molecule has 1 fully saturated rings. The Morgan fingerprint density at radius 2 is 1.80 bits per heavy atom. The van der Waals surface area contributed by atoms with E-state index in [4.69, 9.17) is 14.2 Å². The van der Waals surface area contributed by atoms with E-state index in [2.05, 4.69) is 0 Å². The molecule has 0 aromatic carbocycles. The van der Waals surface area contributed by atoms with Gasteiger partial charge in [-0.05, 0) is 47.5 Å². The van der Waals surface area contributed by atoms with Gasteiger partial charge in [-0.1, -0.05) is 0 Å². The average molecular weight is 287 g/mol. The Kier molecular flexibility index (Phi) is 7.30. The van der Waals surface area contributed by atoms with Crippen molar-refractivity contribution in [3.63, 3.8) is 0 Å². The van der Waals surface area contributed by atoms with Crippen molar-refractivity contribution in [2.75, 3.05) is 19.8 Å². The van der Waals surface area contributed by atoms with Gasteiger partial charge >= 0.3 is 6.09 Å². The molecule has 0 aromatic heterocycles. The van der Waals surface area contributed by atoms with Gasteiger partial charge in [0, 0.05) is 6.54 Å². The van der Waals surface area contributed by atoms with Crippen molar-refractivity contribution in [3.8, 4) is 0 Å². The highest BCUT2D eigenvalue weighted by Crippen LogP contribution is 2.19. The zero-order valence-electron chi connectivity index (χ0n) is 13.4. The number of carbonyl (C=O) groups excluding carboxylic acids is 1. The highest BCUT2D eigenvalue weighted by Gasteiger charge is 2.31. The van der Waals surface area contributed by atoms with Crippen LogP contribution >= 0.6 is 0 Å². The van der Waals surface area contributed by atoms with Crippen LogP contribution in [-0.4, -0.2) is 55.1 Å². The second-order valence-corrected chi connectivity index (χ2v) is 5.95. The lowest BCUT2D eigenvalue weighted by molar-refractivity contribution is -0.0157. The predicted octanol–water partition coefficient (Wildman–Crippen LogP) is 2.83. The van der Waals surface area contributed by atoms with E-state index in [1.165, 1.54) is 0 Å². The van der Waals surface area contributed by atoms with Crippen molar-refractivity contribution >= 4 is 6.09 Å². The molecule has 0 spiro atoms. The van der Waals surface area contributed by atoms with Gasteiger partial charge in [-0.25, -0.2) is 4.79 Å². The van der Waals surface area contributed by atoms with E-state index in [1.54, 1.807) is 4.90 Å². The summed E-state index contributed by atoms with van der Waals surface area (Å²) in [5.41, 5.74) is 0. The van der Waals surface area contributed by atoms with Gasteiger partial charge < -0.3 is 19.1 Å². The summed E-state index contributed by atoms with van der Waals surface area (Å²) in [6.45, 7) is 11.6. The lowest BCUT2D eigenvalue weighted by Crippen LogP contribution is -2.41. The average Bonchev–Trinajstić information content (AvgIpc) is 2.82. The molecule has 0 saturated carbocycles. The molecule has 0 radical (unpaired) electrons. The number of amides is 1. The molecule has 1 aliphatic heterocycles.